The van der Waals surface area contributed by atoms with Crippen LogP contribution in [0.2, 0.25) is 0 Å². The summed E-state index contributed by atoms with van der Waals surface area (Å²) in [6.45, 7) is 9.07. The van der Waals surface area contributed by atoms with Gasteiger partial charge in [-0.15, -0.1) is 0 Å². The molecule has 1 aromatic heterocycles. The van der Waals surface area contributed by atoms with Gasteiger partial charge in [0.05, 0.1) is 25.0 Å². The van der Waals surface area contributed by atoms with Crippen LogP contribution in [0.1, 0.15) is 43.8 Å². The number of carbonyl (C=O) groups excluding carboxylic acids is 1. The molecule has 7 heteroatoms. The van der Waals surface area contributed by atoms with Gasteiger partial charge >= 0.3 is 7.60 Å². The second-order valence-corrected chi connectivity index (χ2v) is 6.39. The van der Waals surface area contributed by atoms with E-state index in [2.05, 4.69) is 0 Å². The van der Waals surface area contributed by atoms with Gasteiger partial charge in [-0.1, -0.05) is 0 Å². The van der Waals surface area contributed by atoms with Gasteiger partial charge in [-0.2, -0.15) is 0 Å². The first-order chi connectivity index (χ1) is 10.0. The summed E-state index contributed by atoms with van der Waals surface area (Å²) < 4.78 is 28.3. The van der Waals surface area contributed by atoms with Crippen LogP contribution in [-0.4, -0.2) is 37.1 Å². The molecular weight excluding hydrogens is 293 g/mol. The zero-order valence-corrected chi connectivity index (χ0v) is 14.0. The average molecular weight is 317 g/mol. The Morgan fingerprint density at radius 1 is 1.19 bits per heavy atom. The SMILES string of the molecule is CCOP(=O)(Cc1occc1C(=O)N(CC)CC)OCC. The van der Waals surface area contributed by atoms with E-state index < -0.39 is 7.60 Å². The summed E-state index contributed by atoms with van der Waals surface area (Å²) in [6.07, 6.45) is 1.39. The first kappa shape index (κ1) is 18.0. The van der Waals surface area contributed by atoms with E-state index in [1.807, 2.05) is 13.8 Å². The van der Waals surface area contributed by atoms with Crippen molar-refractivity contribution in [3.8, 4) is 0 Å². The Balaban J connectivity index is 2.98. The highest BCUT2D eigenvalue weighted by Gasteiger charge is 2.29. The molecule has 1 aromatic rings. The molecule has 0 N–H and O–H groups in total. The lowest BCUT2D eigenvalue weighted by molar-refractivity contribution is 0.0771. The summed E-state index contributed by atoms with van der Waals surface area (Å²) in [6, 6.07) is 1.60. The zero-order valence-electron chi connectivity index (χ0n) is 13.1. The quantitative estimate of drug-likeness (QED) is 0.652. The smallest absolute Gasteiger partial charge is 0.338 e. The number of furan rings is 1. The van der Waals surface area contributed by atoms with Gasteiger partial charge in [0.15, 0.2) is 0 Å². The Bertz CT molecular complexity index is 485. The molecule has 21 heavy (non-hydrogen) atoms. The summed E-state index contributed by atoms with van der Waals surface area (Å²) in [4.78, 5) is 14.1. The predicted molar refractivity (Wildman–Crippen MR) is 80.5 cm³/mol. The van der Waals surface area contributed by atoms with E-state index in [9.17, 15) is 9.36 Å². The largest absolute Gasteiger partial charge is 0.468 e. The van der Waals surface area contributed by atoms with E-state index >= 15 is 0 Å². The predicted octanol–water partition coefficient (Wildman–Crippen LogP) is 3.53. The van der Waals surface area contributed by atoms with Crippen molar-refractivity contribution in [2.75, 3.05) is 26.3 Å². The summed E-state index contributed by atoms with van der Waals surface area (Å²) >= 11 is 0. The molecule has 120 valence electrons. The molecule has 0 saturated carbocycles. The molecule has 0 saturated heterocycles. The van der Waals surface area contributed by atoms with Gasteiger partial charge in [0, 0.05) is 13.1 Å². The summed E-state index contributed by atoms with van der Waals surface area (Å²) in [5.74, 6) is 0.209. The molecule has 0 aliphatic carbocycles. The van der Waals surface area contributed by atoms with Crippen molar-refractivity contribution in [3.63, 3.8) is 0 Å². The van der Waals surface area contributed by atoms with E-state index in [1.165, 1.54) is 6.26 Å². The van der Waals surface area contributed by atoms with Gasteiger partial charge in [0.25, 0.3) is 5.91 Å². The Kier molecular flexibility index (Phi) is 7.15. The molecule has 1 heterocycles. The number of carbonyl (C=O) groups is 1. The Labute approximate surface area is 125 Å². The summed E-state index contributed by atoms with van der Waals surface area (Å²) in [5, 5.41) is 0. The first-order valence-corrected chi connectivity index (χ1v) is 8.97. The monoisotopic (exact) mass is 317 g/mol. The standard InChI is InChI=1S/C14H24NO5P/c1-5-15(6-2)14(16)12-9-10-18-13(12)11-21(17,19-7-3)20-8-4/h9-10H,5-8,11H2,1-4H3. The fourth-order valence-electron chi connectivity index (χ4n) is 2.03. The molecule has 1 amide bonds. The van der Waals surface area contributed by atoms with Crippen molar-refractivity contribution in [2.24, 2.45) is 0 Å². The molecule has 0 fully saturated rings. The Morgan fingerprint density at radius 2 is 1.76 bits per heavy atom. The van der Waals surface area contributed by atoms with Crippen molar-refractivity contribution in [2.45, 2.75) is 33.9 Å². The first-order valence-electron chi connectivity index (χ1n) is 7.25. The Hall–Kier alpha value is -1.10. The lowest BCUT2D eigenvalue weighted by Crippen LogP contribution is -2.30. The van der Waals surface area contributed by atoms with Crippen LogP contribution in [0.4, 0.5) is 0 Å². The lowest BCUT2D eigenvalue weighted by atomic mass is 10.2. The highest BCUT2D eigenvalue weighted by molar-refractivity contribution is 7.53. The van der Waals surface area contributed by atoms with Gasteiger partial charge in [-0.25, -0.2) is 0 Å². The maximum absolute atomic E-state index is 12.5. The third-order valence-electron chi connectivity index (χ3n) is 3.02. The number of hydrogen-bond acceptors (Lipinski definition) is 5. The number of rotatable bonds is 9. The highest BCUT2D eigenvalue weighted by atomic mass is 31.2. The molecule has 0 unspecified atom stereocenters. The van der Waals surface area contributed by atoms with Gasteiger partial charge in [-0.3, -0.25) is 9.36 Å². The van der Waals surface area contributed by atoms with Gasteiger partial charge in [0.1, 0.15) is 11.9 Å². The summed E-state index contributed by atoms with van der Waals surface area (Å²) in [7, 11) is -3.29. The van der Waals surface area contributed by atoms with Crippen molar-refractivity contribution in [1.82, 2.24) is 4.90 Å². The minimum absolute atomic E-state index is 0.0377. The molecule has 0 radical (unpaired) electrons. The van der Waals surface area contributed by atoms with E-state index in [4.69, 9.17) is 13.5 Å². The molecule has 0 aliphatic heterocycles. The van der Waals surface area contributed by atoms with Crippen LogP contribution in [0.3, 0.4) is 0 Å². The minimum atomic E-state index is -3.29. The topological polar surface area (TPSA) is 69.0 Å². The Morgan fingerprint density at radius 3 is 2.24 bits per heavy atom. The van der Waals surface area contributed by atoms with Crippen molar-refractivity contribution < 1.29 is 22.8 Å². The van der Waals surface area contributed by atoms with Crippen LogP contribution in [0.25, 0.3) is 0 Å². The third-order valence-corrected chi connectivity index (χ3v) is 4.99. The van der Waals surface area contributed by atoms with E-state index in [1.54, 1.807) is 24.8 Å². The zero-order chi connectivity index (χ0) is 15.9. The second-order valence-electron chi connectivity index (χ2n) is 4.34. The highest BCUT2D eigenvalue weighted by Crippen LogP contribution is 2.51. The number of hydrogen-bond donors (Lipinski definition) is 0. The lowest BCUT2D eigenvalue weighted by Gasteiger charge is -2.19. The fourth-order valence-corrected chi connectivity index (χ4v) is 3.67. The van der Waals surface area contributed by atoms with Crippen LogP contribution in [0, 0.1) is 0 Å². The maximum Gasteiger partial charge on any atom is 0.338 e. The maximum atomic E-state index is 12.5. The summed E-state index contributed by atoms with van der Waals surface area (Å²) in [5.41, 5.74) is 0.415. The van der Waals surface area contributed by atoms with Gasteiger partial charge in [-0.05, 0) is 33.8 Å². The minimum Gasteiger partial charge on any atom is -0.468 e. The van der Waals surface area contributed by atoms with Crippen LogP contribution in [0.15, 0.2) is 16.7 Å². The number of amides is 1. The van der Waals surface area contributed by atoms with Gasteiger partial charge in [0.2, 0.25) is 0 Å². The molecule has 0 bridgehead atoms. The molecule has 1 rings (SSSR count). The van der Waals surface area contributed by atoms with Crippen molar-refractivity contribution in [3.05, 3.63) is 23.7 Å². The second kappa shape index (κ2) is 8.37. The molecule has 0 atom stereocenters. The number of nitrogens with zero attached hydrogens (tertiary/aromatic N) is 1. The average Bonchev–Trinajstić information content (AvgIpc) is 2.88. The van der Waals surface area contributed by atoms with Crippen molar-refractivity contribution >= 4 is 13.5 Å². The van der Waals surface area contributed by atoms with Crippen LogP contribution < -0.4 is 0 Å². The van der Waals surface area contributed by atoms with E-state index in [0.717, 1.165) is 0 Å². The molecule has 0 aromatic carbocycles. The van der Waals surface area contributed by atoms with Crippen LogP contribution in [-0.2, 0) is 19.8 Å². The normalized spacial score (nSPS) is 11.6. The molecular formula is C14H24NO5P. The van der Waals surface area contributed by atoms with E-state index in [-0.39, 0.29) is 25.3 Å². The van der Waals surface area contributed by atoms with Crippen LogP contribution in [0.5, 0.6) is 0 Å². The fraction of sp³-hybridized carbons (Fsp3) is 0.643. The molecule has 0 aliphatic rings. The van der Waals surface area contributed by atoms with Gasteiger partial charge < -0.3 is 18.4 Å². The van der Waals surface area contributed by atoms with E-state index in [0.29, 0.717) is 24.4 Å². The molecule has 0 spiro atoms. The third kappa shape index (κ3) is 4.70. The molecule has 6 nitrogen and oxygen atoms in total. The van der Waals surface area contributed by atoms with Crippen LogP contribution >= 0.6 is 7.60 Å². The van der Waals surface area contributed by atoms with Crippen molar-refractivity contribution in [1.29, 1.82) is 0 Å².